The molecule has 0 radical (unpaired) electrons. The number of fused-ring (bicyclic) bond motifs is 2. The molecule has 2 aliphatic rings. The maximum Gasteiger partial charge on any atom is 0.341 e. The van der Waals surface area contributed by atoms with Crippen LogP contribution in [0.4, 0.5) is 4.39 Å². The number of benzene rings is 1. The van der Waals surface area contributed by atoms with Crippen molar-refractivity contribution in [3.63, 3.8) is 0 Å². The van der Waals surface area contributed by atoms with E-state index in [2.05, 4.69) is 9.88 Å². The van der Waals surface area contributed by atoms with Crippen molar-refractivity contribution in [1.82, 2.24) is 14.5 Å². The molecule has 1 aliphatic carbocycles. The number of aromatic carboxylic acids is 1. The number of hydrogen-bond donors (Lipinski definition) is 2. The normalized spacial score (nSPS) is 16.1. The number of ether oxygens (including phenoxy) is 1. The number of rotatable bonds is 4. The van der Waals surface area contributed by atoms with Gasteiger partial charge in [-0.05, 0) is 25.0 Å². The molecule has 0 amide bonds. The number of pyridine rings is 1. The molecular formula is C21H20FN3O4. The first-order chi connectivity index (χ1) is 14.0. The molecule has 1 fully saturated rings. The van der Waals surface area contributed by atoms with Gasteiger partial charge in [-0.25, -0.2) is 9.18 Å². The zero-order valence-electron chi connectivity index (χ0n) is 15.9. The highest BCUT2D eigenvalue weighted by Gasteiger charge is 2.30. The lowest BCUT2D eigenvalue weighted by atomic mass is 10.0. The first-order valence-electron chi connectivity index (χ1n) is 9.58. The van der Waals surface area contributed by atoms with E-state index in [1.165, 1.54) is 13.3 Å². The van der Waals surface area contributed by atoms with Crippen LogP contribution in [0.25, 0.3) is 22.0 Å². The quantitative estimate of drug-likeness (QED) is 0.707. The summed E-state index contributed by atoms with van der Waals surface area (Å²) in [6.07, 6.45) is 5.01. The lowest BCUT2D eigenvalue weighted by Gasteiger charge is -2.18. The van der Waals surface area contributed by atoms with Gasteiger partial charge in [-0.15, -0.1) is 0 Å². The average molecular weight is 397 g/mol. The molecular weight excluding hydrogens is 377 g/mol. The van der Waals surface area contributed by atoms with Gasteiger partial charge in [-0.3, -0.25) is 4.79 Å². The minimum Gasteiger partial charge on any atom is -0.494 e. The van der Waals surface area contributed by atoms with Gasteiger partial charge in [0.2, 0.25) is 5.43 Å². The fourth-order valence-corrected chi connectivity index (χ4v) is 4.18. The number of methoxy groups -OCH3 is 1. The molecule has 150 valence electrons. The lowest BCUT2D eigenvalue weighted by molar-refractivity contribution is 0.0695. The Balaban J connectivity index is 1.85. The first kappa shape index (κ1) is 17.9. The van der Waals surface area contributed by atoms with Crippen LogP contribution < -0.4 is 15.5 Å². The zero-order chi connectivity index (χ0) is 20.3. The summed E-state index contributed by atoms with van der Waals surface area (Å²) in [5.74, 6) is -1.66. The molecule has 0 bridgehead atoms. The number of nitrogens with zero attached hydrogens (tertiary/aromatic N) is 2. The van der Waals surface area contributed by atoms with E-state index in [0.717, 1.165) is 37.7 Å². The third-order valence-corrected chi connectivity index (χ3v) is 5.71. The Bertz CT molecular complexity index is 1200. The molecule has 0 spiro atoms. The van der Waals surface area contributed by atoms with Crippen LogP contribution in [-0.4, -0.2) is 33.9 Å². The Kier molecular flexibility index (Phi) is 3.99. The van der Waals surface area contributed by atoms with Gasteiger partial charge in [0.1, 0.15) is 11.4 Å². The summed E-state index contributed by atoms with van der Waals surface area (Å²) in [4.78, 5) is 24.3. The maximum atomic E-state index is 15.3. The van der Waals surface area contributed by atoms with Crippen molar-refractivity contribution in [2.24, 2.45) is 0 Å². The average Bonchev–Trinajstić information content (AvgIpc) is 3.45. The van der Waals surface area contributed by atoms with Crippen molar-refractivity contribution in [2.45, 2.75) is 32.0 Å². The molecule has 3 heterocycles. The van der Waals surface area contributed by atoms with Crippen molar-refractivity contribution < 1.29 is 19.0 Å². The van der Waals surface area contributed by atoms with Crippen LogP contribution >= 0.6 is 0 Å². The third-order valence-electron chi connectivity index (χ3n) is 5.71. The molecule has 5 rings (SSSR count). The third kappa shape index (κ3) is 2.74. The van der Waals surface area contributed by atoms with Gasteiger partial charge in [0, 0.05) is 49.3 Å². The van der Waals surface area contributed by atoms with E-state index < -0.39 is 17.2 Å². The smallest absolute Gasteiger partial charge is 0.341 e. The number of halogens is 1. The van der Waals surface area contributed by atoms with Gasteiger partial charge < -0.3 is 24.3 Å². The molecule has 1 aliphatic heterocycles. The number of aromatic nitrogens is 2. The Morgan fingerprint density at radius 2 is 2.10 bits per heavy atom. The van der Waals surface area contributed by atoms with Crippen molar-refractivity contribution >= 4 is 16.9 Å². The number of carbonyl (C=O) groups is 1. The van der Waals surface area contributed by atoms with E-state index in [1.807, 2.05) is 12.3 Å². The zero-order valence-corrected chi connectivity index (χ0v) is 15.9. The highest BCUT2D eigenvalue weighted by molar-refractivity contribution is 5.97. The monoisotopic (exact) mass is 397 g/mol. The highest BCUT2D eigenvalue weighted by Crippen LogP contribution is 2.44. The number of carboxylic acid groups (broad SMARTS) is 1. The number of nitrogens with one attached hydrogen (secondary N) is 1. The second-order valence-electron chi connectivity index (χ2n) is 7.57. The molecule has 0 unspecified atom stereocenters. The topological polar surface area (TPSA) is 85.5 Å². The summed E-state index contributed by atoms with van der Waals surface area (Å²) in [6, 6.07) is 3.15. The summed E-state index contributed by atoms with van der Waals surface area (Å²) in [7, 11) is 1.45. The largest absolute Gasteiger partial charge is 0.494 e. The van der Waals surface area contributed by atoms with Crippen molar-refractivity contribution in [1.29, 1.82) is 0 Å². The predicted octanol–water partition coefficient (Wildman–Crippen LogP) is 2.75. The van der Waals surface area contributed by atoms with E-state index in [-0.39, 0.29) is 22.7 Å². The fourth-order valence-electron chi connectivity index (χ4n) is 4.18. The van der Waals surface area contributed by atoms with Crippen molar-refractivity contribution in [3.05, 3.63) is 51.8 Å². The van der Waals surface area contributed by atoms with Crippen LogP contribution in [0.5, 0.6) is 5.75 Å². The second kappa shape index (κ2) is 6.45. The first-order valence-corrected chi connectivity index (χ1v) is 9.58. The van der Waals surface area contributed by atoms with Crippen molar-refractivity contribution in [3.8, 4) is 16.9 Å². The molecule has 29 heavy (non-hydrogen) atoms. The van der Waals surface area contributed by atoms with Crippen LogP contribution in [0.15, 0.2) is 29.3 Å². The van der Waals surface area contributed by atoms with Gasteiger partial charge in [-0.1, -0.05) is 0 Å². The Morgan fingerprint density at radius 3 is 2.76 bits per heavy atom. The summed E-state index contributed by atoms with van der Waals surface area (Å²) in [5, 5.41) is 12.7. The van der Waals surface area contributed by atoms with E-state index >= 15 is 4.39 Å². The van der Waals surface area contributed by atoms with Gasteiger partial charge in [0.05, 0.1) is 23.6 Å². The van der Waals surface area contributed by atoms with Crippen LogP contribution in [0.3, 0.4) is 0 Å². The molecule has 2 aromatic heterocycles. The van der Waals surface area contributed by atoms with Crippen LogP contribution in [-0.2, 0) is 13.1 Å². The van der Waals surface area contributed by atoms with Crippen LogP contribution in [0.2, 0.25) is 0 Å². The summed E-state index contributed by atoms with van der Waals surface area (Å²) < 4.78 is 24.7. The summed E-state index contributed by atoms with van der Waals surface area (Å²) in [6.45, 7) is 2.34. The van der Waals surface area contributed by atoms with E-state index in [0.29, 0.717) is 23.2 Å². The van der Waals surface area contributed by atoms with Gasteiger partial charge >= 0.3 is 5.97 Å². The minimum absolute atomic E-state index is 0.0283. The number of hydrogen-bond acceptors (Lipinski definition) is 4. The SMILES string of the molecule is COc1c(-c2cc3n(c2)CCNC3)c(F)cc2c(=O)c(C(=O)O)cn(C3CC3)c12. The molecule has 8 heteroatoms. The molecule has 7 nitrogen and oxygen atoms in total. The van der Waals surface area contributed by atoms with E-state index in [1.54, 1.807) is 4.57 Å². The standard InChI is InChI=1S/C21H20FN3O4/c1-29-20-17(11-6-13-8-23-4-5-24(13)9-11)16(22)7-14-18(20)25(12-2-3-12)10-15(19(14)26)21(27)28/h6-7,9-10,12,23H,2-5,8H2,1H3,(H,27,28). The molecule has 1 saturated carbocycles. The van der Waals surface area contributed by atoms with Gasteiger partial charge in [0.15, 0.2) is 5.75 Å². The molecule has 2 N–H and O–H groups in total. The van der Waals surface area contributed by atoms with Crippen molar-refractivity contribution in [2.75, 3.05) is 13.7 Å². The van der Waals surface area contributed by atoms with Gasteiger partial charge in [-0.2, -0.15) is 0 Å². The van der Waals surface area contributed by atoms with Crippen LogP contribution in [0.1, 0.15) is 34.9 Å². The maximum absolute atomic E-state index is 15.3. The minimum atomic E-state index is -1.32. The Labute approximate surface area is 165 Å². The molecule has 3 aromatic rings. The Morgan fingerprint density at radius 1 is 1.31 bits per heavy atom. The lowest BCUT2D eigenvalue weighted by Crippen LogP contribution is -2.27. The Hall–Kier alpha value is -3.13. The predicted molar refractivity (Wildman–Crippen MR) is 105 cm³/mol. The summed E-state index contributed by atoms with van der Waals surface area (Å²) >= 11 is 0. The van der Waals surface area contributed by atoms with E-state index in [4.69, 9.17) is 4.74 Å². The molecule has 0 saturated heterocycles. The van der Waals surface area contributed by atoms with Gasteiger partial charge in [0.25, 0.3) is 0 Å². The number of carboxylic acids is 1. The summed E-state index contributed by atoms with van der Waals surface area (Å²) in [5.41, 5.74) is 1.41. The second-order valence-corrected chi connectivity index (χ2v) is 7.57. The highest BCUT2D eigenvalue weighted by atomic mass is 19.1. The fraction of sp³-hybridized carbons (Fsp3) is 0.333. The molecule has 1 aromatic carbocycles. The van der Waals surface area contributed by atoms with Crippen LogP contribution in [0, 0.1) is 5.82 Å². The molecule has 0 atom stereocenters. The van der Waals surface area contributed by atoms with E-state index in [9.17, 15) is 14.7 Å².